The molecule has 0 unspecified atom stereocenters. The average molecular weight is 449 g/mol. The molecule has 0 nitrogen and oxygen atoms in total. The Morgan fingerprint density at radius 2 is 1.25 bits per heavy atom. The molecule has 4 heavy (non-hydrogen) atoms. The molecule has 0 bridgehead atoms. The molecule has 0 aliphatic rings. The van der Waals surface area contributed by atoms with Crippen molar-refractivity contribution in [2.45, 2.75) is 0 Å². The van der Waals surface area contributed by atoms with Gasteiger partial charge in [0.2, 0.25) is 0 Å². The zero-order valence-electron chi connectivity index (χ0n) is 2.21. The molecule has 0 rings (SSSR count). The zero-order chi connectivity index (χ0) is 2.00. The molecular formula is C2H10Pb2. The van der Waals surface area contributed by atoms with Gasteiger partial charge >= 0.3 is 0 Å². The molecule has 0 saturated heterocycles. The number of rotatable bonds is 0. The van der Waals surface area contributed by atoms with Crippen molar-refractivity contribution < 1.29 is 5.71 Å². The Balaban J connectivity index is -0.000000000333. The van der Waals surface area contributed by atoms with E-state index >= 15 is 0 Å². The van der Waals surface area contributed by atoms with Gasteiger partial charge in [0.05, 0.1) is 0 Å². The molecule has 10 radical (unpaired) electrons. The summed E-state index contributed by atoms with van der Waals surface area (Å²) in [7, 11) is 0. The second-order valence-corrected chi connectivity index (χ2v) is 0. The summed E-state index contributed by atoms with van der Waals surface area (Å²) in [6, 6.07) is 0. The summed E-state index contributed by atoms with van der Waals surface area (Å²) in [5.74, 6) is 0. The van der Waals surface area contributed by atoms with Crippen LogP contribution in [-0.2, 0) is 0 Å². The van der Waals surface area contributed by atoms with Crippen LogP contribution in [0.5, 0.6) is 0 Å². The molecule has 2 heteroatoms. The van der Waals surface area contributed by atoms with Crippen LogP contribution in [0, 0.1) is 6.58 Å². The fourth-order valence-corrected chi connectivity index (χ4v) is 0. The van der Waals surface area contributed by atoms with E-state index in [0.29, 0.717) is 0 Å². The van der Waals surface area contributed by atoms with E-state index in [1.54, 1.807) is 0 Å². The molecule has 0 aliphatic carbocycles. The molecule has 0 aromatic rings. The topological polar surface area (TPSA) is 0 Å². The summed E-state index contributed by atoms with van der Waals surface area (Å²) in [6.45, 7) is 8.00. The molecule has 0 N–H and O–H groups in total. The Morgan fingerprint density at radius 3 is 1.25 bits per heavy atom. The normalized spacial score (nSPS) is 1.00. The smallest absolute Gasteiger partial charge is 0 e. The van der Waals surface area contributed by atoms with Crippen molar-refractivity contribution in [2.24, 2.45) is 0 Å². The Kier molecular flexibility index (Phi) is 103. The predicted octanol–water partition coefficient (Wildman–Crippen LogP) is 0.705. The van der Waals surface area contributed by atoms with E-state index in [1.807, 2.05) is 0 Å². The Labute approximate surface area is 72.9 Å². The van der Waals surface area contributed by atoms with E-state index in [1.165, 1.54) is 0 Å². The van der Waals surface area contributed by atoms with E-state index in [-0.39, 0.29) is 60.3 Å². The van der Waals surface area contributed by atoms with Gasteiger partial charge in [-0.2, -0.15) is 0 Å². The van der Waals surface area contributed by atoms with Crippen molar-refractivity contribution in [2.75, 3.05) is 0 Å². The monoisotopic (exact) mass is 450 g/mol. The summed E-state index contributed by atoms with van der Waals surface area (Å²) in [6.07, 6.45) is 0. The van der Waals surface area contributed by atoms with Gasteiger partial charge in [-0.15, -0.1) is 0 Å². The average Bonchev–Trinajstić information content (AvgIpc) is 1.00. The minimum Gasteiger partial charge on any atom is -0.0906 e. The van der Waals surface area contributed by atoms with Crippen molar-refractivity contribution in [3.8, 4) is 0 Å². The second kappa shape index (κ2) is 23.5. The first-order valence-corrected chi connectivity index (χ1v) is 0.354. The maximum absolute atomic E-state index is 5.50. The van der Waals surface area contributed by atoms with Gasteiger partial charge in [0.15, 0.2) is 0 Å². The Hall–Kier alpha value is 1.58. The third kappa shape index (κ3) is 9.54. The first-order valence-electron chi connectivity index (χ1n) is 0.354. The fraction of sp³-hybridized carbons (Fsp3) is 0. The maximum atomic E-state index is 5.50. The molecule has 0 atom stereocenters. The van der Waals surface area contributed by atoms with Gasteiger partial charge in [-0.3, -0.25) is 0 Å². The standard InChI is InChI=1S/C2H2.2Pb.4H2/c1-2;;;;;;/h1H2;;;4*1H. The molecule has 0 saturated carbocycles. The third-order valence-electron chi connectivity index (χ3n) is 0. The van der Waals surface area contributed by atoms with Crippen LogP contribution in [0.2, 0.25) is 0 Å². The van der Waals surface area contributed by atoms with Gasteiger partial charge in [0.25, 0.3) is 0 Å². The molecule has 0 aromatic heterocycles. The van der Waals surface area contributed by atoms with E-state index in [2.05, 4.69) is 6.58 Å². The molecule has 26 valence electrons. The maximum Gasteiger partial charge on any atom is 0 e. The van der Waals surface area contributed by atoms with Crippen LogP contribution >= 0.6 is 0 Å². The first-order chi connectivity index (χ1) is 1.00. The van der Waals surface area contributed by atoms with E-state index in [0.717, 1.165) is 0 Å². The number of hydrogen-bond donors (Lipinski definition) is 0. The van der Waals surface area contributed by atoms with Crippen molar-refractivity contribution in [1.29, 1.82) is 0 Å². The third-order valence-corrected chi connectivity index (χ3v) is 0. The molecule has 0 aromatic carbocycles. The number of hydrogen-bond acceptors (Lipinski definition) is 0. The van der Waals surface area contributed by atoms with Crippen LogP contribution in [0.25, 0.3) is 0 Å². The van der Waals surface area contributed by atoms with Gasteiger partial charge in [-0.25, -0.2) is 0 Å². The van der Waals surface area contributed by atoms with E-state index in [9.17, 15) is 0 Å². The van der Waals surface area contributed by atoms with Crippen LogP contribution in [0.3, 0.4) is 0 Å². The Bertz CT molecular complexity index is 12.0. The van der Waals surface area contributed by atoms with Gasteiger partial charge in [-0.1, -0.05) is 6.58 Å². The van der Waals surface area contributed by atoms with Crippen molar-refractivity contribution >= 4 is 54.6 Å². The SMILES string of the molecule is [C]=C.[HH].[HH].[HH].[HH].[Pb].[Pb]. The van der Waals surface area contributed by atoms with Gasteiger partial charge in [-0.05, 0) is 6.58 Å². The van der Waals surface area contributed by atoms with Crippen molar-refractivity contribution in [3.05, 3.63) is 13.2 Å². The Morgan fingerprint density at radius 1 is 1.25 bits per heavy atom. The molecule has 0 fully saturated rings. The molecular weight excluding hydrogens is 438 g/mol. The molecule has 0 aliphatic heterocycles. The van der Waals surface area contributed by atoms with Gasteiger partial charge in [0, 0.05) is 60.3 Å². The summed E-state index contributed by atoms with van der Waals surface area (Å²) in [5, 5.41) is 0. The minimum absolute atomic E-state index is 0. The van der Waals surface area contributed by atoms with Crippen LogP contribution in [0.4, 0.5) is 0 Å². The van der Waals surface area contributed by atoms with E-state index in [4.69, 9.17) is 6.58 Å². The van der Waals surface area contributed by atoms with Crippen LogP contribution < -0.4 is 0 Å². The zero-order valence-corrected chi connectivity index (χ0v) is 9.98. The molecule has 0 heterocycles. The van der Waals surface area contributed by atoms with E-state index < -0.39 is 0 Å². The minimum atomic E-state index is 0. The van der Waals surface area contributed by atoms with Crippen LogP contribution in [-0.4, -0.2) is 54.6 Å². The van der Waals surface area contributed by atoms with Gasteiger partial charge < -0.3 is 0 Å². The summed E-state index contributed by atoms with van der Waals surface area (Å²) < 4.78 is 0. The summed E-state index contributed by atoms with van der Waals surface area (Å²) in [4.78, 5) is 0. The van der Waals surface area contributed by atoms with Crippen molar-refractivity contribution in [1.82, 2.24) is 0 Å². The first kappa shape index (κ1) is 17.6. The summed E-state index contributed by atoms with van der Waals surface area (Å²) >= 11 is 0. The quantitative estimate of drug-likeness (QED) is 0.479. The summed E-state index contributed by atoms with van der Waals surface area (Å²) in [5.41, 5.74) is 0. The van der Waals surface area contributed by atoms with Crippen LogP contribution in [0.15, 0.2) is 6.58 Å². The fourth-order valence-electron chi connectivity index (χ4n) is 0. The molecule has 0 spiro atoms. The van der Waals surface area contributed by atoms with Crippen molar-refractivity contribution in [3.63, 3.8) is 0 Å². The van der Waals surface area contributed by atoms with Crippen LogP contribution in [0.1, 0.15) is 5.71 Å². The second-order valence-electron chi connectivity index (χ2n) is 0. The largest absolute Gasteiger partial charge is 0.0906 e. The molecule has 0 amide bonds. The predicted molar refractivity (Wildman–Crippen MR) is 28.8 cm³/mol. The van der Waals surface area contributed by atoms with Gasteiger partial charge in [0.1, 0.15) is 0 Å².